The summed E-state index contributed by atoms with van der Waals surface area (Å²) in [7, 11) is 1.89. The predicted molar refractivity (Wildman–Crippen MR) is 75.2 cm³/mol. The summed E-state index contributed by atoms with van der Waals surface area (Å²) in [5, 5.41) is 0.989. The maximum atomic E-state index is 12.4. The molecule has 1 aliphatic carbocycles. The molecule has 3 heteroatoms. The van der Waals surface area contributed by atoms with E-state index in [0.717, 1.165) is 23.8 Å². The van der Waals surface area contributed by atoms with Crippen molar-refractivity contribution in [1.82, 2.24) is 4.90 Å². The second kappa shape index (κ2) is 5.08. The number of fused-ring (bicyclic) bond motifs is 1. The molecule has 0 N–H and O–H groups in total. The van der Waals surface area contributed by atoms with Gasteiger partial charge in [-0.1, -0.05) is 37.5 Å². The van der Waals surface area contributed by atoms with Crippen molar-refractivity contribution in [1.29, 1.82) is 0 Å². The molecule has 3 nitrogen and oxygen atoms in total. The standard InChI is InChI=1S/C16H19NO2/c1-17(13-8-3-2-4-9-13)16(18)15-11-12-7-5-6-10-14(12)19-15/h5-7,10-11,13H,2-4,8-9H2,1H3. The van der Waals surface area contributed by atoms with E-state index < -0.39 is 0 Å². The van der Waals surface area contributed by atoms with Crippen molar-refractivity contribution >= 4 is 16.9 Å². The topological polar surface area (TPSA) is 33.5 Å². The van der Waals surface area contributed by atoms with Gasteiger partial charge in [0.15, 0.2) is 5.76 Å². The van der Waals surface area contributed by atoms with Crippen LogP contribution in [-0.2, 0) is 0 Å². The number of para-hydroxylation sites is 1. The molecule has 1 amide bonds. The van der Waals surface area contributed by atoms with Crippen molar-refractivity contribution in [3.05, 3.63) is 36.1 Å². The zero-order valence-electron chi connectivity index (χ0n) is 11.3. The van der Waals surface area contributed by atoms with Crippen LogP contribution in [0.1, 0.15) is 42.7 Å². The van der Waals surface area contributed by atoms with Gasteiger partial charge in [-0.15, -0.1) is 0 Å². The van der Waals surface area contributed by atoms with Crippen LogP contribution in [0.5, 0.6) is 0 Å². The highest BCUT2D eigenvalue weighted by Gasteiger charge is 2.25. The quantitative estimate of drug-likeness (QED) is 0.819. The number of furan rings is 1. The van der Waals surface area contributed by atoms with Gasteiger partial charge in [0.25, 0.3) is 5.91 Å². The van der Waals surface area contributed by atoms with E-state index >= 15 is 0 Å². The molecule has 0 radical (unpaired) electrons. The lowest BCUT2D eigenvalue weighted by Crippen LogP contribution is -2.38. The van der Waals surface area contributed by atoms with Crippen molar-refractivity contribution in [2.24, 2.45) is 0 Å². The van der Waals surface area contributed by atoms with Gasteiger partial charge in [-0.2, -0.15) is 0 Å². The fourth-order valence-corrected chi connectivity index (χ4v) is 2.90. The number of nitrogens with zero attached hydrogens (tertiary/aromatic N) is 1. The Labute approximate surface area is 113 Å². The van der Waals surface area contributed by atoms with Gasteiger partial charge in [0.2, 0.25) is 0 Å². The summed E-state index contributed by atoms with van der Waals surface area (Å²) < 4.78 is 5.65. The molecule has 2 aromatic rings. The Bertz CT molecular complexity index is 548. The molecular formula is C16H19NO2. The number of carbonyl (C=O) groups is 1. The number of amides is 1. The van der Waals surface area contributed by atoms with Crippen LogP contribution in [0, 0.1) is 0 Å². The molecule has 0 spiro atoms. The Kier molecular flexibility index (Phi) is 3.28. The third-order valence-corrected chi connectivity index (χ3v) is 4.08. The third-order valence-electron chi connectivity index (χ3n) is 4.08. The van der Waals surface area contributed by atoms with E-state index in [9.17, 15) is 4.79 Å². The Hall–Kier alpha value is -1.77. The number of benzene rings is 1. The van der Waals surface area contributed by atoms with E-state index in [1.165, 1.54) is 19.3 Å². The van der Waals surface area contributed by atoms with Gasteiger partial charge in [-0.25, -0.2) is 0 Å². The van der Waals surface area contributed by atoms with Crippen LogP contribution < -0.4 is 0 Å². The summed E-state index contributed by atoms with van der Waals surface area (Å²) >= 11 is 0. The molecule has 0 aliphatic heterocycles. The first-order valence-corrected chi connectivity index (χ1v) is 7.01. The summed E-state index contributed by atoms with van der Waals surface area (Å²) in [5.74, 6) is 0.456. The fraction of sp³-hybridized carbons (Fsp3) is 0.438. The molecule has 1 heterocycles. The predicted octanol–water partition coefficient (Wildman–Crippen LogP) is 3.84. The Morgan fingerprint density at radius 2 is 1.95 bits per heavy atom. The summed E-state index contributed by atoms with van der Waals surface area (Å²) in [5.41, 5.74) is 0.780. The Morgan fingerprint density at radius 1 is 1.21 bits per heavy atom. The second-order valence-electron chi connectivity index (χ2n) is 5.36. The van der Waals surface area contributed by atoms with E-state index in [2.05, 4.69) is 0 Å². The van der Waals surface area contributed by atoms with E-state index in [-0.39, 0.29) is 5.91 Å². The van der Waals surface area contributed by atoms with E-state index in [4.69, 9.17) is 4.42 Å². The molecule has 0 unspecified atom stereocenters. The molecule has 3 rings (SSSR count). The van der Waals surface area contributed by atoms with Crippen molar-refractivity contribution in [3.8, 4) is 0 Å². The van der Waals surface area contributed by atoms with Gasteiger partial charge in [-0.05, 0) is 25.0 Å². The largest absolute Gasteiger partial charge is 0.451 e. The molecule has 1 aromatic carbocycles. The molecule has 1 saturated carbocycles. The molecule has 1 aliphatic rings. The Morgan fingerprint density at radius 3 is 2.68 bits per heavy atom. The van der Waals surface area contributed by atoms with Gasteiger partial charge in [0.1, 0.15) is 5.58 Å². The maximum Gasteiger partial charge on any atom is 0.289 e. The Balaban J connectivity index is 1.82. The lowest BCUT2D eigenvalue weighted by Gasteiger charge is -2.30. The average molecular weight is 257 g/mol. The van der Waals surface area contributed by atoms with Crippen LogP contribution in [0.3, 0.4) is 0 Å². The molecule has 1 fully saturated rings. The van der Waals surface area contributed by atoms with Crippen LogP contribution in [-0.4, -0.2) is 23.9 Å². The zero-order valence-corrected chi connectivity index (χ0v) is 11.3. The van der Waals surface area contributed by atoms with Crippen LogP contribution in [0.25, 0.3) is 11.0 Å². The number of hydrogen-bond donors (Lipinski definition) is 0. The smallest absolute Gasteiger partial charge is 0.289 e. The second-order valence-corrected chi connectivity index (χ2v) is 5.36. The molecule has 1 aromatic heterocycles. The van der Waals surface area contributed by atoms with Gasteiger partial charge in [0, 0.05) is 18.5 Å². The monoisotopic (exact) mass is 257 g/mol. The molecule has 0 bridgehead atoms. The normalized spacial score (nSPS) is 16.7. The van der Waals surface area contributed by atoms with Crippen molar-refractivity contribution in [3.63, 3.8) is 0 Å². The highest BCUT2D eigenvalue weighted by Crippen LogP contribution is 2.25. The SMILES string of the molecule is CN(C(=O)c1cc2ccccc2o1)C1CCCCC1. The van der Waals surface area contributed by atoms with Gasteiger partial charge >= 0.3 is 0 Å². The number of carbonyl (C=O) groups excluding carboxylic acids is 1. The fourth-order valence-electron chi connectivity index (χ4n) is 2.90. The van der Waals surface area contributed by atoms with Crippen molar-refractivity contribution in [2.45, 2.75) is 38.1 Å². The zero-order chi connectivity index (χ0) is 13.2. The highest BCUT2D eigenvalue weighted by atomic mass is 16.3. The molecule has 0 saturated heterocycles. The van der Waals surface area contributed by atoms with Gasteiger partial charge < -0.3 is 9.32 Å². The molecular weight excluding hydrogens is 238 g/mol. The first kappa shape index (κ1) is 12.3. The maximum absolute atomic E-state index is 12.4. The minimum Gasteiger partial charge on any atom is -0.451 e. The van der Waals surface area contributed by atoms with Crippen LogP contribution in [0.15, 0.2) is 34.7 Å². The van der Waals surface area contributed by atoms with Crippen LogP contribution in [0.4, 0.5) is 0 Å². The van der Waals surface area contributed by atoms with E-state index in [0.29, 0.717) is 11.8 Å². The molecule has 0 atom stereocenters. The van der Waals surface area contributed by atoms with Crippen LogP contribution >= 0.6 is 0 Å². The average Bonchev–Trinajstić information content (AvgIpc) is 2.90. The molecule has 100 valence electrons. The lowest BCUT2D eigenvalue weighted by atomic mass is 9.94. The summed E-state index contributed by atoms with van der Waals surface area (Å²) in [6, 6.07) is 9.96. The lowest BCUT2D eigenvalue weighted by molar-refractivity contribution is 0.0666. The van der Waals surface area contributed by atoms with Crippen molar-refractivity contribution < 1.29 is 9.21 Å². The first-order chi connectivity index (χ1) is 9.25. The number of hydrogen-bond acceptors (Lipinski definition) is 2. The number of rotatable bonds is 2. The van der Waals surface area contributed by atoms with E-state index in [1.807, 2.05) is 42.3 Å². The summed E-state index contributed by atoms with van der Waals surface area (Å²) in [6.45, 7) is 0. The summed E-state index contributed by atoms with van der Waals surface area (Å²) in [4.78, 5) is 14.3. The molecule has 19 heavy (non-hydrogen) atoms. The summed E-state index contributed by atoms with van der Waals surface area (Å²) in [6.07, 6.45) is 5.97. The minimum atomic E-state index is 0.00287. The van der Waals surface area contributed by atoms with Gasteiger partial charge in [-0.3, -0.25) is 4.79 Å². The van der Waals surface area contributed by atoms with E-state index in [1.54, 1.807) is 0 Å². The highest BCUT2D eigenvalue weighted by molar-refractivity contribution is 5.96. The third kappa shape index (κ3) is 2.37. The van der Waals surface area contributed by atoms with Crippen molar-refractivity contribution in [2.75, 3.05) is 7.05 Å². The van der Waals surface area contributed by atoms with Gasteiger partial charge in [0.05, 0.1) is 0 Å². The first-order valence-electron chi connectivity index (χ1n) is 7.01. The van der Waals surface area contributed by atoms with Crippen LogP contribution in [0.2, 0.25) is 0 Å². The minimum absolute atomic E-state index is 0.00287.